The van der Waals surface area contributed by atoms with Crippen molar-refractivity contribution < 1.29 is 0 Å². The van der Waals surface area contributed by atoms with Crippen molar-refractivity contribution in [3.05, 3.63) is 133 Å². The van der Waals surface area contributed by atoms with E-state index in [1.54, 1.807) is 0 Å². The molecule has 194 valence electrons. The first-order valence-electron chi connectivity index (χ1n) is 14.4. The quantitative estimate of drug-likeness (QED) is 0.193. The average molecular weight is 568 g/mol. The SMILES string of the molecule is c1ccc(N2B3Sc4cccc5c4-c4c3c(cc3c4B(S5)N(c4ccccc4)c4ccccc4-3)-c3ccccc32)cc1. The fraction of sp³-hybridized carbons (Fsp3) is 0. The van der Waals surface area contributed by atoms with Crippen LogP contribution in [0.25, 0.3) is 33.4 Å². The highest BCUT2D eigenvalue weighted by Gasteiger charge is 2.50. The number of rotatable bonds is 2. The number of hydrogen-bond acceptors (Lipinski definition) is 4. The normalized spacial score (nSPS) is 14.8. The van der Waals surface area contributed by atoms with Crippen LogP contribution in [0.4, 0.5) is 22.7 Å². The minimum atomic E-state index is 0.145. The van der Waals surface area contributed by atoms with Crippen molar-refractivity contribution in [2.75, 3.05) is 9.62 Å². The molecule has 0 aromatic heterocycles. The summed E-state index contributed by atoms with van der Waals surface area (Å²) in [7, 11) is 0. The van der Waals surface area contributed by atoms with E-state index in [0.29, 0.717) is 0 Å². The van der Waals surface area contributed by atoms with E-state index >= 15 is 0 Å². The highest BCUT2D eigenvalue weighted by Crippen LogP contribution is 2.56. The predicted octanol–water partition coefficient (Wildman–Crippen LogP) is 8.59. The standard InChI is InChI=1S/C36H22B2N2S2/c1-3-12-23(13-4-1)39-29-18-9-7-16-25(29)27-22-28-26-17-8-10-19-30(26)40(24-14-5-2-6-15-24)38-36(28)34-33-31(41-37(39)35(27)34)20-11-21-32(33)42-38/h1-22H. The highest BCUT2D eigenvalue weighted by molar-refractivity contribution is 8.28. The van der Waals surface area contributed by atoms with Crippen molar-refractivity contribution in [1.82, 2.24) is 0 Å². The van der Waals surface area contributed by atoms with Gasteiger partial charge in [0.2, 0.25) is 0 Å². The molecule has 2 nitrogen and oxygen atoms in total. The molecule has 6 heteroatoms. The summed E-state index contributed by atoms with van der Waals surface area (Å²) in [5.74, 6) is 0. The van der Waals surface area contributed by atoms with Crippen LogP contribution in [-0.2, 0) is 0 Å². The van der Waals surface area contributed by atoms with Crippen molar-refractivity contribution >= 4 is 69.2 Å². The zero-order valence-corrected chi connectivity index (χ0v) is 24.2. The number of nitrogens with zero attached hydrogens (tertiary/aromatic N) is 2. The molecule has 0 fully saturated rings. The molecule has 42 heavy (non-hydrogen) atoms. The Hall–Kier alpha value is -4.25. The number of anilines is 4. The summed E-state index contributed by atoms with van der Waals surface area (Å²) in [5.41, 5.74) is 16.2. The van der Waals surface area contributed by atoms with Crippen molar-refractivity contribution in [3.63, 3.8) is 0 Å². The van der Waals surface area contributed by atoms with E-state index < -0.39 is 0 Å². The van der Waals surface area contributed by atoms with Gasteiger partial charge in [-0.1, -0.05) is 78.9 Å². The number of benzene rings is 6. The van der Waals surface area contributed by atoms with E-state index in [0.717, 1.165) is 0 Å². The Labute approximate surface area is 254 Å². The molecule has 4 heterocycles. The maximum atomic E-state index is 2.57. The molecule has 0 saturated carbocycles. The number of hydrogen-bond donors (Lipinski definition) is 0. The molecule has 6 aromatic rings. The molecule has 0 unspecified atom stereocenters. The minimum Gasteiger partial charge on any atom is -0.371 e. The fourth-order valence-electron chi connectivity index (χ4n) is 7.42. The smallest absolute Gasteiger partial charge is 0.368 e. The van der Waals surface area contributed by atoms with Gasteiger partial charge in [-0.15, -0.1) is 23.2 Å². The fourth-order valence-corrected chi connectivity index (χ4v) is 10.3. The summed E-state index contributed by atoms with van der Waals surface area (Å²) in [5, 5.41) is 0. The van der Waals surface area contributed by atoms with Gasteiger partial charge in [0.05, 0.1) is 0 Å². The lowest BCUT2D eigenvalue weighted by atomic mass is 9.57. The number of para-hydroxylation sites is 4. The lowest BCUT2D eigenvalue weighted by Gasteiger charge is -2.47. The molecule has 0 spiro atoms. The van der Waals surface area contributed by atoms with Crippen LogP contribution in [0.2, 0.25) is 0 Å². The summed E-state index contributed by atoms with van der Waals surface area (Å²) in [6.45, 7) is 0. The zero-order chi connectivity index (χ0) is 27.4. The Bertz CT molecular complexity index is 1940. The van der Waals surface area contributed by atoms with Crippen LogP contribution in [0, 0.1) is 0 Å². The molecule has 4 aliphatic rings. The van der Waals surface area contributed by atoms with E-state index in [4.69, 9.17) is 0 Å². The zero-order valence-electron chi connectivity index (χ0n) is 22.6. The third kappa shape index (κ3) is 3.01. The van der Waals surface area contributed by atoms with Gasteiger partial charge in [0.1, 0.15) is 0 Å². The number of fused-ring (bicyclic) bond motifs is 4. The van der Waals surface area contributed by atoms with Crippen LogP contribution in [0.3, 0.4) is 0 Å². The van der Waals surface area contributed by atoms with Gasteiger partial charge in [-0.2, -0.15) is 0 Å². The third-order valence-electron chi connectivity index (χ3n) is 9.06. The van der Waals surface area contributed by atoms with Crippen LogP contribution in [0.15, 0.2) is 143 Å². The Kier molecular flexibility index (Phi) is 4.80. The Morgan fingerprint density at radius 1 is 0.405 bits per heavy atom. The molecule has 6 aromatic carbocycles. The predicted molar refractivity (Wildman–Crippen MR) is 182 cm³/mol. The maximum Gasteiger partial charge on any atom is 0.368 e. The van der Waals surface area contributed by atoms with Crippen molar-refractivity contribution in [2.24, 2.45) is 0 Å². The van der Waals surface area contributed by atoms with Gasteiger partial charge in [-0.05, 0) is 82.2 Å². The molecule has 10 rings (SSSR count). The Balaban J connectivity index is 1.35. The second-order valence-electron chi connectivity index (χ2n) is 11.2. The van der Waals surface area contributed by atoms with Crippen LogP contribution in [-0.4, -0.2) is 12.3 Å². The lowest BCUT2D eigenvalue weighted by Crippen LogP contribution is -2.56. The molecule has 0 amide bonds. The van der Waals surface area contributed by atoms with Gasteiger partial charge in [0.15, 0.2) is 0 Å². The monoisotopic (exact) mass is 568 g/mol. The van der Waals surface area contributed by atoms with Crippen LogP contribution in [0.5, 0.6) is 0 Å². The van der Waals surface area contributed by atoms with Crippen molar-refractivity contribution in [3.8, 4) is 33.4 Å². The molecule has 0 saturated heterocycles. The molecule has 4 aliphatic heterocycles. The lowest BCUT2D eigenvalue weighted by molar-refractivity contribution is 1.31. The Morgan fingerprint density at radius 3 is 1.36 bits per heavy atom. The van der Waals surface area contributed by atoms with Gasteiger partial charge in [0, 0.05) is 49.2 Å². The van der Waals surface area contributed by atoms with Gasteiger partial charge in [0.25, 0.3) is 0 Å². The molecule has 0 aliphatic carbocycles. The van der Waals surface area contributed by atoms with E-state index in [9.17, 15) is 0 Å². The average Bonchev–Trinajstić information content (AvgIpc) is 3.05. The third-order valence-corrected chi connectivity index (χ3v) is 11.6. The molecular formula is C36H22B2N2S2. The molecule has 0 radical (unpaired) electrons. The molecule has 0 bridgehead atoms. The summed E-state index contributed by atoms with van der Waals surface area (Å²) in [4.78, 5) is 7.90. The second-order valence-corrected chi connectivity index (χ2v) is 13.4. The summed E-state index contributed by atoms with van der Waals surface area (Å²) in [6, 6.07) is 49.3. The van der Waals surface area contributed by atoms with Crippen LogP contribution >= 0.6 is 23.2 Å². The minimum absolute atomic E-state index is 0.145. The van der Waals surface area contributed by atoms with E-state index in [-0.39, 0.29) is 12.3 Å². The van der Waals surface area contributed by atoms with E-state index in [1.165, 1.54) is 76.8 Å². The first kappa shape index (κ1) is 23.3. The van der Waals surface area contributed by atoms with Crippen LogP contribution < -0.4 is 20.5 Å². The van der Waals surface area contributed by atoms with Gasteiger partial charge >= 0.3 is 12.3 Å². The molecule has 0 N–H and O–H groups in total. The Morgan fingerprint density at radius 2 is 0.857 bits per heavy atom. The van der Waals surface area contributed by atoms with Gasteiger partial charge in [-0.25, -0.2) is 0 Å². The van der Waals surface area contributed by atoms with E-state index in [1.807, 2.05) is 23.2 Å². The largest absolute Gasteiger partial charge is 0.371 e. The topological polar surface area (TPSA) is 6.48 Å². The van der Waals surface area contributed by atoms with E-state index in [2.05, 4.69) is 143 Å². The second kappa shape index (κ2) is 8.64. The summed E-state index contributed by atoms with van der Waals surface area (Å²) in [6.07, 6.45) is 0.290. The molecular weight excluding hydrogens is 546 g/mol. The van der Waals surface area contributed by atoms with Gasteiger partial charge in [-0.3, -0.25) is 0 Å². The summed E-state index contributed by atoms with van der Waals surface area (Å²) >= 11 is 4.01. The van der Waals surface area contributed by atoms with Crippen molar-refractivity contribution in [2.45, 2.75) is 9.79 Å². The van der Waals surface area contributed by atoms with Gasteiger partial charge < -0.3 is 9.62 Å². The first-order chi connectivity index (χ1) is 20.9. The maximum absolute atomic E-state index is 2.57. The van der Waals surface area contributed by atoms with Crippen LogP contribution in [0.1, 0.15) is 0 Å². The summed E-state index contributed by atoms with van der Waals surface area (Å²) < 4.78 is 0. The first-order valence-corrected chi connectivity index (χ1v) is 16.2. The molecule has 0 atom stereocenters. The highest BCUT2D eigenvalue weighted by atomic mass is 32.2. The van der Waals surface area contributed by atoms with Crippen molar-refractivity contribution in [1.29, 1.82) is 0 Å².